The van der Waals surface area contributed by atoms with Gasteiger partial charge >= 0.3 is 0 Å². The maximum atomic E-state index is 11.8. The number of rotatable bonds is 6. The highest BCUT2D eigenvalue weighted by atomic mass is 35.5. The Labute approximate surface area is 125 Å². The standard InChI is InChI=1S/C15H23ClN2O2/c1-5-18(9-15(20)17-10(2)3)14-7-6-12(11(4)19)8-13(14)16/h6-8,10-11,19H,5,9H2,1-4H3,(H,17,20)/t11-/m1/s1. The lowest BCUT2D eigenvalue weighted by molar-refractivity contribution is -0.120. The molecule has 0 bridgehead atoms. The maximum Gasteiger partial charge on any atom is 0.239 e. The molecule has 112 valence electrons. The normalized spacial score (nSPS) is 12.3. The fourth-order valence-electron chi connectivity index (χ4n) is 1.95. The third-order valence-electron chi connectivity index (χ3n) is 2.96. The van der Waals surface area contributed by atoms with Crippen LogP contribution in [0.25, 0.3) is 0 Å². The summed E-state index contributed by atoms with van der Waals surface area (Å²) in [4.78, 5) is 13.8. The quantitative estimate of drug-likeness (QED) is 0.849. The number of aliphatic hydroxyl groups is 1. The van der Waals surface area contributed by atoms with E-state index in [0.29, 0.717) is 11.6 Å². The molecular formula is C15H23ClN2O2. The summed E-state index contributed by atoms with van der Waals surface area (Å²) >= 11 is 6.25. The van der Waals surface area contributed by atoms with Crippen LogP contribution in [-0.4, -0.2) is 30.1 Å². The molecular weight excluding hydrogens is 276 g/mol. The van der Waals surface area contributed by atoms with Gasteiger partial charge in [-0.3, -0.25) is 4.79 Å². The molecule has 5 heteroatoms. The Morgan fingerprint density at radius 1 is 1.40 bits per heavy atom. The molecule has 1 aromatic rings. The summed E-state index contributed by atoms with van der Waals surface area (Å²) in [5.74, 6) is -0.0301. The Hall–Kier alpha value is -1.26. The van der Waals surface area contributed by atoms with Gasteiger partial charge in [-0.1, -0.05) is 17.7 Å². The van der Waals surface area contributed by atoms with Gasteiger partial charge in [-0.25, -0.2) is 0 Å². The number of aliphatic hydroxyl groups excluding tert-OH is 1. The van der Waals surface area contributed by atoms with E-state index in [1.807, 2.05) is 37.8 Å². The Bertz CT molecular complexity index is 461. The van der Waals surface area contributed by atoms with Gasteiger partial charge in [-0.15, -0.1) is 0 Å². The molecule has 1 amide bonds. The lowest BCUT2D eigenvalue weighted by Crippen LogP contribution is -2.40. The second kappa shape index (κ2) is 7.50. The molecule has 1 aromatic carbocycles. The molecule has 20 heavy (non-hydrogen) atoms. The Morgan fingerprint density at radius 2 is 2.05 bits per heavy atom. The van der Waals surface area contributed by atoms with E-state index in [1.165, 1.54) is 0 Å². The summed E-state index contributed by atoms with van der Waals surface area (Å²) < 4.78 is 0. The number of anilines is 1. The monoisotopic (exact) mass is 298 g/mol. The molecule has 0 fully saturated rings. The second-order valence-electron chi connectivity index (χ2n) is 5.12. The van der Waals surface area contributed by atoms with Crippen LogP contribution < -0.4 is 10.2 Å². The lowest BCUT2D eigenvalue weighted by Gasteiger charge is -2.24. The van der Waals surface area contributed by atoms with Gasteiger partial charge in [-0.2, -0.15) is 0 Å². The van der Waals surface area contributed by atoms with Crippen LogP contribution in [0.4, 0.5) is 5.69 Å². The van der Waals surface area contributed by atoms with Crippen LogP contribution >= 0.6 is 11.6 Å². The van der Waals surface area contributed by atoms with Gasteiger partial charge in [0.25, 0.3) is 0 Å². The van der Waals surface area contributed by atoms with E-state index in [2.05, 4.69) is 5.32 Å². The highest BCUT2D eigenvalue weighted by Crippen LogP contribution is 2.28. The summed E-state index contributed by atoms with van der Waals surface area (Å²) in [5.41, 5.74) is 1.57. The predicted octanol–water partition coefficient (Wildman–Crippen LogP) is 2.74. The van der Waals surface area contributed by atoms with Gasteiger partial charge in [0.1, 0.15) is 0 Å². The van der Waals surface area contributed by atoms with E-state index in [4.69, 9.17) is 11.6 Å². The molecule has 0 aliphatic carbocycles. The number of nitrogens with one attached hydrogen (secondary N) is 1. The molecule has 0 spiro atoms. The number of carbonyl (C=O) groups excluding carboxylic acids is 1. The fraction of sp³-hybridized carbons (Fsp3) is 0.533. The van der Waals surface area contributed by atoms with E-state index in [0.717, 1.165) is 11.3 Å². The molecule has 4 nitrogen and oxygen atoms in total. The summed E-state index contributed by atoms with van der Waals surface area (Å²) in [6.45, 7) is 8.47. The van der Waals surface area contributed by atoms with Crippen LogP contribution in [0.2, 0.25) is 5.02 Å². The first-order valence-corrected chi connectivity index (χ1v) is 7.24. The predicted molar refractivity (Wildman–Crippen MR) is 83.3 cm³/mol. The molecule has 0 unspecified atom stereocenters. The average molecular weight is 299 g/mol. The number of benzene rings is 1. The van der Waals surface area contributed by atoms with Crippen molar-refractivity contribution in [3.8, 4) is 0 Å². The van der Waals surface area contributed by atoms with Crippen molar-refractivity contribution in [2.24, 2.45) is 0 Å². The number of hydrogen-bond acceptors (Lipinski definition) is 3. The molecule has 0 saturated carbocycles. The first-order chi connectivity index (χ1) is 9.35. The molecule has 0 radical (unpaired) electrons. The molecule has 0 heterocycles. The Kier molecular flexibility index (Phi) is 6.30. The van der Waals surface area contributed by atoms with Crippen molar-refractivity contribution >= 4 is 23.2 Å². The number of halogens is 1. The fourth-order valence-corrected chi connectivity index (χ4v) is 2.26. The number of likely N-dealkylation sites (N-methyl/N-ethyl adjacent to an activating group) is 1. The highest BCUT2D eigenvalue weighted by Gasteiger charge is 2.14. The first kappa shape index (κ1) is 16.8. The minimum Gasteiger partial charge on any atom is -0.389 e. The summed E-state index contributed by atoms with van der Waals surface area (Å²) in [5, 5.41) is 12.9. The number of hydrogen-bond donors (Lipinski definition) is 2. The summed E-state index contributed by atoms with van der Waals surface area (Å²) in [7, 11) is 0. The van der Waals surface area contributed by atoms with Crippen molar-refractivity contribution in [2.45, 2.75) is 39.8 Å². The van der Waals surface area contributed by atoms with Crippen molar-refractivity contribution in [2.75, 3.05) is 18.0 Å². The third kappa shape index (κ3) is 4.69. The number of nitrogens with zero attached hydrogens (tertiary/aromatic N) is 1. The van der Waals surface area contributed by atoms with Crippen molar-refractivity contribution in [3.05, 3.63) is 28.8 Å². The van der Waals surface area contributed by atoms with Crippen molar-refractivity contribution in [1.82, 2.24) is 5.32 Å². The smallest absolute Gasteiger partial charge is 0.239 e. The van der Waals surface area contributed by atoms with Gasteiger partial charge in [0.15, 0.2) is 0 Å². The SMILES string of the molecule is CCN(CC(=O)NC(C)C)c1ccc([C@@H](C)O)cc1Cl. The van der Waals surface area contributed by atoms with Crippen molar-refractivity contribution < 1.29 is 9.90 Å². The molecule has 0 aliphatic heterocycles. The van der Waals surface area contributed by atoms with Crippen LogP contribution in [0, 0.1) is 0 Å². The molecule has 0 saturated heterocycles. The van der Waals surface area contributed by atoms with E-state index >= 15 is 0 Å². The largest absolute Gasteiger partial charge is 0.389 e. The summed E-state index contributed by atoms with van der Waals surface area (Å²) in [6.07, 6.45) is -0.555. The zero-order valence-electron chi connectivity index (χ0n) is 12.5. The molecule has 1 rings (SSSR count). The van der Waals surface area contributed by atoms with Crippen LogP contribution in [0.1, 0.15) is 39.4 Å². The van der Waals surface area contributed by atoms with Crippen LogP contribution in [0.5, 0.6) is 0 Å². The zero-order chi connectivity index (χ0) is 15.3. The van der Waals surface area contributed by atoms with Crippen molar-refractivity contribution in [1.29, 1.82) is 0 Å². The molecule has 0 aliphatic rings. The molecule has 2 N–H and O–H groups in total. The van der Waals surface area contributed by atoms with Gasteiger partial charge in [0.2, 0.25) is 5.91 Å². The van der Waals surface area contributed by atoms with E-state index in [-0.39, 0.29) is 18.5 Å². The minimum absolute atomic E-state index is 0.0301. The van der Waals surface area contributed by atoms with Gasteiger partial charge in [0.05, 0.1) is 23.4 Å². The zero-order valence-corrected chi connectivity index (χ0v) is 13.2. The van der Waals surface area contributed by atoms with Gasteiger partial charge in [0, 0.05) is 12.6 Å². The summed E-state index contributed by atoms with van der Waals surface area (Å²) in [6, 6.07) is 5.53. The van der Waals surface area contributed by atoms with Crippen LogP contribution in [0.15, 0.2) is 18.2 Å². The van der Waals surface area contributed by atoms with Gasteiger partial charge < -0.3 is 15.3 Å². The molecule has 1 atom stereocenters. The third-order valence-corrected chi connectivity index (χ3v) is 3.26. The number of amides is 1. The lowest BCUT2D eigenvalue weighted by atomic mass is 10.1. The Balaban J connectivity index is 2.87. The van der Waals surface area contributed by atoms with E-state index in [1.54, 1.807) is 13.0 Å². The average Bonchev–Trinajstić information content (AvgIpc) is 2.35. The van der Waals surface area contributed by atoms with Gasteiger partial charge in [-0.05, 0) is 45.4 Å². The second-order valence-corrected chi connectivity index (χ2v) is 5.53. The van der Waals surface area contributed by atoms with E-state index in [9.17, 15) is 9.90 Å². The minimum atomic E-state index is -0.555. The van der Waals surface area contributed by atoms with Crippen molar-refractivity contribution in [3.63, 3.8) is 0 Å². The molecule has 0 aromatic heterocycles. The topological polar surface area (TPSA) is 52.6 Å². The highest BCUT2D eigenvalue weighted by molar-refractivity contribution is 6.33. The Morgan fingerprint density at radius 3 is 2.50 bits per heavy atom. The van der Waals surface area contributed by atoms with Crippen LogP contribution in [-0.2, 0) is 4.79 Å². The maximum absolute atomic E-state index is 11.8. The van der Waals surface area contributed by atoms with Crippen LogP contribution in [0.3, 0.4) is 0 Å². The first-order valence-electron chi connectivity index (χ1n) is 6.87. The van der Waals surface area contributed by atoms with E-state index < -0.39 is 6.10 Å². The number of carbonyl (C=O) groups is 1.